The summed E-state index contributed by atoms with van der Waals surface area (Å²) in [6.07, 6.45) is -0.911. The lowest BCUT2D eigenvalue weighted by Gasteiger charge is -2.26. The molecule has 0 aliphatic carbocycles. The van der Waals surface area contributed by atoms with Crippen molar-refractivity contribution in [3.8, 4) is 16.9 Å². The normalized spacial score (nSPS) is 11.2. The molecule has 6 nitrogen and oxygen atoms in total. The van der Waals surface area contributed by atoms with Crippen molar-refractivity contribution in [1.29, 1.82) is 0 Å². The van der Waals surface area contributed by atoms with Gasteiger partial charge in [0.1, 0.15) is 5.82 Å². The lowest BCUT2D eigenvalue weighted by molar-refractivity contribution is 0.103. The van der Waals surface area contributed by atoms with Gasteiger partial charge in [0.25, 0.3) is 5.56 Å². The van der Waals surface area contributed by atoms with Gasteiger partial charge in [-0.15, -0.1) is 0 Å². The minimum absolute atomic E-state index is 0.0732. The largest absolute Gasteiger partial charge is 0.513 e. The van der Waals surface area contributed by atoms with Crippen molar-refractivity contribution in [2.45, 2.75) is 53.2 Å². The monoisotopic (exact) mass is 391 g/mol. The first-order valence-electron chi connectivity index (χ1n) is 9.25. The zero-order valence-electron chi connectivity index (χ0n) is 16.8. The van der Waals surface area contributed by atoms with Gasteiger partial charge in [-0.3, -0.25) is 4.79 Å². The molecule has 0 radical (unpaired) electrons. The number of aromatic nitrogens is 1. The zero-order chi connectivity index (χ0) is 21.0. The van der Waals surface area contributed by atoms with Gasteiger partial charge in [0.15, 0.2) is 5.75 Å². The molecule has 0 aliphatic heterocycles. The van der Waals surface area contributed by atoms with E-state index in [0.717, 1.165) is 0 Å². The summed E-state index contributed by atoms with van der Waals surface area (Å²) < 4.78 is 25.4. The summed E-state index contributed by atoms with van der Waals surface area (Å²) in [5.41, 5.74) is 0.922. The van der Waals surface area contributed by atoms with E-state index >= 15 is 0 Å². The molecule has 0 spiro atoms. The third-order valence-corrected chi connectivity index (χ3v) is 4.30. The molecule has 0 amide bonds. The van der Waals surface area contributed by atoms with E-state index in [0.29, 0.717) is 11.3 Å². The molecule has 152 valence electrons. The molecule has 0 bridgehead atoms. The molecular weight excluding hydrogens is 365 g/mol. The topological polar surface area (TPSA) is 77.8 Å². The van der Waals surface area contributed by atoms with Gasteiger partial charge in [0, 0.05) is 11.6 Å². The number of benzene rings is 1. The Balaban J connectivity index is 2.95. The number of halogens is 1. The van der Waals surface area contributed by atoms with Gasteiger partial charge in [0.2, 0.25) is 0 Å². The van der Waals surface area contributed by atoms with E-state index in [2.05, 4.69) is 0 Å². The molecule has 0 unspecified atom stereocenters. The predicted octanol–water partition coefficient (Wildman–Crippen LogP) is 4.39. The average Bonchev–Trinajstić information content (AvgIpc) is 2.62. The third kappa shape index (κ3) is 4.25. The Morgan fingerprint density at radius 3 is 2.25 bits per heavy atom. The van der Waals surface area contributed by atoms with Gasteiger partial charge in [-0.05, 0) is 44.4 Å². The van der Waals surface area contributed by atoms with E-state index in [9.17, 15) is 19.1 Å². The maximum Gasteiger partial charge on any atom is 0.513 e. The van der Waals surface area contributed by atoms with Crippen LogP contribution in [-0.2, 0) is 11.3 Å². The first-order valence-corrected chi connectivity index (χ1v) is 9.25. The fourth-order valence-electron chi connectivity index (χ4n) is 3.19. The fraction of sp³-hybridized carbons (Fsp3) is 0.429. The first kappa shape index (κ1) is 21.6. The number of aliphatic hydroxyl groups excluding tert-OH is 1. The van der Waals surface area contributed by atoms with Gasteiger partial charge >= 0.3 is 6.16 Å². The van der Waals surface area contributed by atoms with Crippen molar-refractivity contribution < 1.29 is 23.8 Å². The van der Waals surface area contributed by atoms with Crippen molar-refractivity contribution in [2.75, 3.05) is 6.61 Å². The van der Waals surface area contributed by atoms with E-state index in [1.807, 2.05) is 27.7 Å². The van der Waals surface area contributed by atoms with Crippen LogP contribution in [0, 0.1) is 5.82 Å². The summed E-state index contributed by atoms with van der Waals surface area (Å²) in [6.45, 7) is 8.63. The van der Waals surface area contributed by atoms with E-state index in [1.54, 1.807) is 6.92 Å². The second-order valence-electron chi connectivity index (χ2n) is 6.94. The lowest BCUT2D eigenvalue weighted by Crippen LogP contribution is -2.31. The van der Waals surface area contributed by atoms with Crippen molar-refractivity contribution in [1.82, 2.24) is 4.57 Å². The van der Waals surface area contributed by atoms with Crippen LogP contribution in [0.2, 0.25) is 0 Å². The maximum absolute atomic E-state index is 13.4. The summed E-state index contributed by atoms with van der Waals surface area (Å²) in [4.78, 5) is 25.3. The second-order valence-corrected chi connectivity index (χ2v) is 6.94. The number of aliphatic hydroxyl groups is 1. The summed E-state index contributed by atoms with van der Waals surface area (Å²) in [7, 11) is 0. The van der Waals surface area contributed by atoms with Crippen LogP contribution in [0.15, 0.2) is 29.1 Å². The SMILES string of the molecule is CCOC(=O)Oc1c(-c2ccc(F)cc2)c(CO)c(=O)n(C(C)C)c1C(C)C. The fourth-order valence-corrected chi connectivity index (χ4v) is 3.19. The summed E-state index contributed by atoms with van der Waals surface area (Å²) in [5.74, 6) is -0.481. The van der Waals surface area contributed by atoms with E-state index in [4.69, 9.17) is 9.47 Å². The molecule has 0 saturated carbocycles. The van der Waals surface area contributed by atoms with Gasteiger partial charge < -0.3 is 19.1 Å². The molecular formula is C21H26FNO5. The van der Waals surface area contributed by atoms with Gasteiger partial charge in [0.05, 0.1) is 24.5 Å². The number of hydrogen-bond acceptors (Lipinski definition) is 5. The van der Waals surface area contributed by atoms with E-state index in [1.165, 1.54) is 28.8 Å². The molecule has 0 saturated heterocycles. The number of ether oxygens (including phenoxy) is 2. The summed E-state index contributed by atoms with van der Waals surface area (Å²) >= 11 is 0. The van der Waals surface area contributed by atoms with Crippen molar-refractivity contribution in [3.05, 3.63) is 51.7 Å². The third-order valence-electron chi connectivity index (χ3n) is 4.30. The first-order chi connectivity index (χ1) is 13.2. The van der Waals surface area contributed by atoms with Crippen molar-refractivity contribution in [3.63, 3.8) is 0 Å². The molecule has 0 aliphatic rings. The van der Waals surface area contributed by atoms with Crippen LogP contribution in [0.1, 0.15) is 57.8 Å². The molecule has 1 N–H and O–H groups in total. The Morgan fingerprint density at radius 1 is 1.18 bits per heavy atom. The molecule has 7 heteroatoms. The molecule has 0 atom stereocenters. The molecule has 2 rings (SSSR count). The Morgan fingerprint density at radius 2 is 1.79 bits per heavy atom. The quantitative estimate of drug-likeness (QED) is 0.739. The Bertz CT molecular complexity index is 900. The Labute approximate surface area is 163 Å². The highest BCUT2D eigenvalue weighted by atomic mass is 19.1. The van der Waals surface area contributed by atoms with Crippen molar-refractivity contribution >= 4 is 6.16 Å². The Hall–Kier alpha value is -2.67. The number of rotatable bonds is 6. The molecule has 1 aromatic carbocycles. The number of carbonyl (C=O) groups is 1. The van der Waals surface area contributed by atoms with E-state index < -0.39 is 18.6 Å². The maximum atomic E-state index is 13.4. The minimum Gasteiger partial charge on any atom is -0.434 e. The second kappa shape index (κ2) is 9.01. The molecule has 0 fully saturated rings. The number of nitrogens with zero attached hydrogens (tertiary/aromatic N) is 1. The highest BCUT2D eigenvalue weighted by molar-refractivity contribution is 5.78. The highest BCUT2D eigenvalue weighted by Crippen LogP contribution is 2.39. The predicted molar refractivity (Wildman–Crippen MR) is 104 cm³/mol. The molecule has 28 heavy (non-hydrogen) atoms. The standard InChI is InChI=1S/C21H26FNO5/c1-6-27-21(26)28-19-17(14-7-9-15(22)10-8-14)16(11-24)20(25)23(13(4)5)18(19)12(2)3/h7-10,12-13,24H,6,11H2,1-5H3. The van der Waals surface area contributed by atoms with Crippen LogP contribution >= 0.6 is 0 Å². The highest BCUT2D eigenvalue weighted by Gasteiger charge is 2.28. The molecule has 1 heterocycles. The lowest BCUT2D eigenvalue weighted by atomic mass is 9.95. The van der Waals surface area contributed by atoms with Gasteiger partial charge in [-0.1, -0.05) is 26.0 Å². The van der Waals surface area contributed by atoms with Crippen molar-refractivity contribution in [2.24, 2.45) is 0 Å². The summed E-state index contributed by atoms with van der Waals surface area (Å²) in [5, 5.41) is 9.95. The van der Waals surface area contributed by atoms with Crippen LogP contribution in [0.25, 0.3) is 11.1 Å². The number of pyridine rings is 1. The van der Waals surface area contributed by atoms with Crippen LogP contribution in [0.3, 0.4) is 0 Å². The average molecular weight is 391 g/mol. The van der Waals surface area contributed by atoms with Gasteiger partial charge in [-0.2, -0.15) is 0 Å². The molecule has 2 aromatic rings. The van der Waals surface area contributed by atoms with E-state index in [-0.39, 0.29) is 41.0 Å². The van der Waals surface area contributed by atoms with Crippen LogP contribution in [0.5, 0.6) is 5.75 Å². The number of carbonyl (C=O) groups excluding carboxylic acids is 1. The minimum atomic E-state index is -0.911. The molecule has 1 aromatic heterocycles. The smallest absolute Gasteiger partial charge is 0.434 e. The Kier molecular flexibility index (Phi) is 6.96. The summed E-state index contributed by atoms with van der Waals surface area (Å²) in [6, 6.07) is 5.21. The zero-order valence-corrected chi connectivity index (χ0v) is 16.8. The van der Waals surface area contributed by atoms with Crippen LogP contribution < -0.4 is 10.3 Å². The number of hydrogen-bond donors (Lipinski definition) is 1. The van der Waals surface area contributed by atoms with Crippen LogP contribution in [-0.4, -0.2) is 22.4 Å². The van der Waals surface area contributed by atoms with Gasteiger partial charge in [-0.25, -0.2) is 9.18 Å². The van der Waals surface area contributed by atoms with Crippen LogP contribution in [0.4, 0.5) is 9.18 Å².